The lowest BCUT2D eigenvalue weighted by Crippen LogP contribution is -2.23. The fraction of sp³-hybridized carbons (Fsp3) is 0.192. The Morgan fingerprint density at radius 1 is 0.973 bits per heavy atom. The van der Waals surface area contributed by atoms with Crippen LogP contribution in [0.2, 0.25) is 0 Å². The smallest absolute Gasteiger partial charge is 0.406 e. The Labute approximate surface area is 217 Å². The molecule has 0 bridgehead atoms. The number of rotatable bonds is 9. The van der Waals surface area contributed by atoms with Crippen molar-refractivity contribution in [3.63, 3.8) is 0 Å². The molecule has 194 valence electrons. The number of hydrogen-bond donors (Lipinski definition) is 2. The molecule has 0 fully saturated rings. The molecule has 0 aliphatic rings. The van der Waals surface area contributed by atoms with E-state index in [4.69, 9.17) is 4.84 Å². The highest BCUT2D eigenvalue weighted by Crippen LogP contribution is 2.24. The van der Waals surface area contributed by atoms with Gasteiger partial charge < -0.3 is 14.9 Å². The molecule has 37 heavy (non-hydrogen) atoms. The number of amides is 2. The molecular formula is C26H25F3N4O3S. The summed E-state index contributed by atoms with van der Waals surface area (Å²) in [6.45, 7) is 5.78. The Hall–Kier alpha value is -3.99. The van der Waals surface area contributed by atoms with E-state index >= 15 is 0 Å². The zero-order valence-electron chi connectivity index (χ0n) is 20.2. The minimum Gasteiger partial charge on any atom is -0.406 e. The minimum atomic E-state index is -4.74. The number of nitrogens with zero attached hydrogens (tertiary/aromatic N) is 2. The predicted molar refractivity (Wildman–Crippen MR) is 140 cm³/mol. The fourth-order valence-corrected chi connectivity index (χ4v) is 3.46. The first kappa shape index (κ1) is 27.6. The molecule has 0 aliphatic heterocycles. The van der Waals surface area contributed by atoms with Gasteiger partial charge in [0.2, 0.25) is 0 Å². The van der Waals surface area contributed by atoms with Crippen LogP contribution in [0.5, 0.6) is 11.5 Å². The number of anilines is 1. The van der Waals surface area contributed by atoms with E-state index in [2.05, 4.69) is 38.2 Å². The van der Waals surface area contributed by atoms with E-state index in [9.17, 15) is 18.0 Å². The lowest BCUT2D eigenvalue weighted by molar-refractivity contribution is -0.274. The average Bonchev–Trinajstić information content (AvgIpc) is 2.85. The summed E-state index contributed by atoms with van der Waals surface area (Å²) in [6.07, 6.45) is -3.16. The summed E-state index contributed by atoms with van der Waals surface area (Å²) in [5, 5.41) is 6.83. The molecule has 3 aromatic carbocycles. The van der Waals surface area contributed by atoms with Crippen LogP contribution in [0.4, 0.5) is 23.7 Å². The lowest BCUT2D eigenvalue weighted by atomic mass is 10.0. The van der Waals surface area contributed by atoms with Gasteiger partial charge in [-0.2, -0.15) is 0 Å². The molecule has 2 N–H and O–H groups in total. The van der Waals surface area contributed by atoms with Crippen LogP contribution >= 0.6 is 12.1 Å². The summed E-state index contributed by atoms with van der Waals surface area (Å²) >= 11 is 0.893. The van der Waals surface area contributed by atoms with Gasteiger partial charge in [-0.25, -0.2) is 9.19 Å². The number of carbonyl (C=O) groups is 1. The molecule has 0 atom stereocenters. The van der Waals surface area contributed by atoms with Gasteiger partial charge in [0.15, 0.2) is 5.75 Å². The molecule has 2 amide bonds. The first-order valence-corrected chi connectivity index (χ1v) is 11.9. The normalized spacial score (nSPS) is 12.0. The second-order valence-corrected chi connectivity index (χ2v) is 8.63. The maximum Gasteiger partial charge on any atom is 0.573 e. The highest BCUT2D eigenvalue weighted by atomic mass is 32.2. The number of para-hydroxylation sites is 1. The molecule has 0 aliphatic carbocycles. The van der Waals surface area contributed by atoms with Gasteiger partial charge >= 0.3 is 12.4 Å². The molecule has 0 saturated carbocycles. The molecule has 7 nitrogen and oxygen atoms in total. The molecule has 11 heteroatoms. The molecule has 3 aromatic rings. The largest absolute Gasteiger partial charge is 0.573 e. The third-order valence-corrected chi connectivity index (χ3v) is 5.39. The van der Waals surface area contributed by atoms with Gasteiger partial charge in [0.1, 0.15) is 5.75 Å². The Kier molecular flexibility index (Phi) is 9.56. The number of urea groups is 1. The van der Waals surface area contributed by atoms with Crippen molar-refractivity contribution < 1.29 is 27.5 Å². The van der Waals surface area contributed by atoms with Crippen LogP contribution in [0.3, 0.4) is 0 Å². The molecular weight excluding hydrogens is 505 g/mol. The van der Waals surface area contributed by atoms with Gasteiger partial charge in [-0.05, 0) is 84.1 Å². The van der Waals surface area contributed by atoms with E-state index in [-0.39, 0.29) is 17.7 Å². The number of nitrogens with one attached hydrogen (secondary N) is 2. The van der Waals surface area contributed by atoms with Gasteiger partial charge in [-0.15, -0.1) is 13.2 Å². The molecule has 0 saturated heterocycles. The minimum absolute atomic E-state index is 0.275. The van der Waals surface area contributed by atoms with Crippen molar-refractivity contribution in [2.45, 2.75) is 33.1 Å². The Morgan fingerprint density at radius 3 is 2.27 bits per heavy atom. The number of hydrogen-bond acceptors (Lipinski definition) is 6. The lowest BCUT2D eigenvalue weighted by Gasteiger charge is -2.13. The number of ether oxygens (including phenoxy) is 1. The first-order chi connectivity index (χ1) is 17.6. The third-order valence-electron chi connectivity index (χ3n) is 4.90. The molecule has 0 aromatic heterocycles. The fourth-order valence-electron chi connectivity index (χ4n) is 3.10. The molecule has 0 heterocycles. The maximum atomic E-state index is 12.3. The maximum absolute atomic E-state index is 12.3. The van der Waals surface area contributed by atoms with Crippen LogP contribution in [0.25, 0.3) is 0 Å². The van der Waals surface area contributed by atoms with Crippen molar-refractivity contribution in [2.75, 3.05) is 5.32 Å². The molecule has 0 radical (unpaired) electrons. The van der Waals surface area contributed by atoms with Gasteiger partial charge in [-0.3, -0.25) is 4.72 Å². The Bertz CT molecular complexity index is 1250. The van der Waals surface area contributed by atoms with Crippen molar-refractivity contribution in [1.29, 1.82) is 0 Å². The van der Waals surface area contributed by atoms with Crippen molar-refractivity contribution in [3.05, 3.63) is 89.5 Å². The molecule has 0 unspecified atom stereocenters. The molecule has 3 rings (SSSR count). The van der Waals surface area contributed by atoms with E-state index in [0.717, 1.165) is 28.9 Å². The van der Waals surface area contributed by atoms with Crippen LogP contribution in [-0.4, -0.2) is 24.3 Å². The average molecular weight is 531 g/mol. The van der Waals surface area contributed by atoms with Crippen LogP contribution in [-0.2, 0) is 0 Å². The van der Waals surface area contributed by atoms with Crippen LogP contribution in [0, 0.1) is 0 Å². The van der Waals surface area contributed by atoms with E-state index < -0.39 is 6.36 Å². The number of benzene rings is 3. The van der Waals surface area contributed by atoms with Crippen molar-refractivity contribution in [3.8, 4) is 11.5 Å². The first-order valence-electron chi connectivity index (χ1n) is 11.1. The summed E-state index contributed by atoms with van der Waals surface area (Å²) in [6, 6.07) is 19.4. The van der Waals surface area contributed by atoms with E-state index in [0.29, 0.717) is 17.0 Å². The predicted octanol–water partition coefficient (Wildman–Crippen LogP) is 7.32. The standard InChI is InChI=1S/C26H25F3N4O3S/c1-17(2)23-6-4-5-7-24(23)31-25(34)33-37-30-16-19-8-12-22(13-9-19)36-32-18(3)20-10-14-21(15-11-20)35-26(27,28)29/h4-17H,1-3H3,(H2,31,33,34)/b30-16+,32-18-. The van der Waals surface area contributed by atoms with Crippen molar-refractivity contribution in [2.24, 2.45) is 9.55 Å². The van der Waals surface area contributed by atoms with Crippen molar-refractivity contribution in [1.82, 2.24) is 4.72 Å². The monoisotopic (exact) mass is 530 g/mol. The van der Waals surface area contributed by atoms with Crippen molar-refractivity contribution >= 4 is 35.8 Å². The number of halogens is 3. The highest BCUT2D eigenvalue weighted by molar-refractivity contribution is 7.96. The van der Waals surface area contributed by atoms with Crippen LogP contribution < -0.4 is 19.6 Å². The third kappa shape index (κ3) is 9.19. The van der Waals surface area contributed by atoms with Gasteiger partial charge in [-0.1, -0.05) is 37.2 Å². The Balaban J connectivity index is 1.47. The summed E-state index contributed by atoms with van der Waals surface area (Å²) in [5.74, 6) is 0.423. The zero-order valence-corrected chi connectivity index (χ0v) is 21.1. The summed E-state index contributed by atoms with van der Waals surface area (Å²) in [7, 11) is 0. The van der Waals surface area contributed by atoms with E-state index in [1.807, 2.05) is 24.3 Å². The van der Waals surface area contributed by atoms with Gasteiger partial charge in [0.05, 0.1) is 17.8 Å². The summed E-state index contributed by atoms with van der Waals surface area (Å²) in [4.78, 5) is 17.5. The van der Waals surface area contributed by atoms with E-state index in [1.165, 1.54) is 24.3 Å². The van der Waals surface area contributed by atoms with Gasteiger partial charge in [0, 0.05) is 11.9 Å². The second kappa shape index (κ2) is 12.8. The van der Waals surface area contributed by atoms with Crippen LogP contribution in [0.1, 0.15) is 43.4 Å². The highest BCUT2D eigenvalue weighted by Gasteiger charge is 2.30. The topological polar surface area (TPSA) is 84.3 Å². The number of alkyl halides is 3. The van der Waals surface area contributed by atoms with E-state index in [1.54, 1.807) is 37.4 Å². The second-order valence-electron chi connectivity index (χ2n) is 8.03. The number of carbonyl (C=O) groups excluding carboxylic acids is 1. The number of oxime groups is 1. The summed E-state index contributed by atoms with van der Waals surface area (Å²) < 4.78 is 47.4. The SMILES string of the molecule is C/C(=N/Oc1ccc(/C=N/SNC(=O)Nc2ccccc2C(C)C)cc1)c1ccc(OC(F)(F)F)cc1. The quantitative estimate of drug-likeness (QED) is 0.173. The summed E-state index contributed by atoms with van der Waals surface area (Å²) in [5.41, 5.74) is 3.62. The zero-order chi connectivity index (χ0) is 26.8. The van der Waals surface area contributed by atoms with Gasteiger partial charge in [0.25, 0.3) is 0 Å². The molecule has 0 spiro atoms. The van der Waals surface area contributed by atoms with Crippen LogP contribution in [0.15, 0.2) is 82.3 Å². The Morgan fingerprint density at radius 2 is 1.62 bits per heavy atom.